The Bertz CT molecular complexity index is 688. The number of hydrogen-bond acceptors (Lipinski definition) is 4. The summed E-state index contributed by atoms with van der Waals surface area (Å²) in [6.45, 7) is 7.44. The van der Waals surface area contributed by atoms with Crippen molar-refractivity contribution < 1.29 is 19.1 Å². The van der Waals surface area contributed by atoms with Crippen LogP contribution in [0, 0.1) is 13.8 Å². The Balaban J connectivity index is 1.86. The molecule has 0 spiro atoms. The average Bonchev–Trinajstić information content (AvgIpc) is 2.54. The van der Waals surface area contributed by atoms with Crippen LogP contribution in [0.4, 0.5) is 0 Å². The van der Waals surface area contributed by atoms with Crippen molar-refractivity contribution in [2.75, 3.05) is 0 Å². The van der Waals surface area contributed by atoms with Gasteiger partial charge in [-0.1, -0.05) is 35.4 Å². The maximum atomic E-state index is 12.1. The fourth-order valence-corrected chi connectivity index (χ4v) is 2.61. The predicted molar refractivity (Wildman–Crippen MR) is 96.7 cm³/mol. The van der Waals surface area contributed by atoms with Gasteiger partial charge in [-0.2, -0.15) is 0 Å². The topological polar surface area (TPSA) is 52.6 Å². The lowest BCUT2D eigenvalue weighted by molar-refractivity contribution is 0.00762. The van der Waals surface area contributed by atoms with Gasteiger partial charge in [0.25, 0.3) is 0 Å². The maximum absolute atomic E-state index is 12.1. The number of carbonyl (C=O) groups is 2. The summed E-state index contributed by atoms with van der Waals surface area (Å²) < 4.78 is 10.9. The highest BCUT2D eigenvalue weighted by atomic mass is 16.6. The van der Waals surface area contributed by atoms with Gasteiger partial charge in [0.1, 0.15) is 12.2 Å². The summed E-state index contributed by atoms with van der Waals surface area (Å²) in [5, 5.41) is 0. The monoisotopic (exact) mass is 340 g/mol. The molecule has 0 amide bonds. The largest absolute Gasteiger partial charge is 0.459 e. The Labute approximate surface area is 148 Å². The molecule has 2 atom stereocenters. The molecule has 4 nitrogen and oxygen atoms in total. The van der Waals surface area contributed by atoms with Gasteiger partial charge >= 0.3 is 11.9 Å². The minimum Gasteiger partial charge on any atom is -0.459 e. The molecule has 0 N–H and O–H groups in total. The van der Waals surface area contributed by atoms with Gasteiger partial charge in [0.15, 0.2) is 0 Å². The maximum Gasteiger partial charge on any atom is 0.338 e. The van der Waals surface area contributed by atoms with Crippen LogP contribution in [0.3, 0.4) is 0 Å². The molecule has 25 heavy (non-hydrogen) atoms. The number of esters is 2. The second kappa shape index (κ2) is 8.47. The van der Waals surface area contributed by atoms with E-state index < -0.39 is 0 Å². The Morgan fingerprint density at radius 2 is 1.20 bits per heavy atom. The number of carbonyl (C=O) groups excluding carboxylic acids is 2. The van der Waals surface area contributed by atoms with E-state index in [2.05, 4.69) is 0 Å². The zero-order valence-electron chi connectivity index (χ0n) is 15.1. The lowest BCUT2D eigenvalue weighted by Gasteiger charge is -2.19. The van der Waals surface area contributed by atoms with Crippen molar-refractivity contribution in [3.63, 3.8) is 0 Å². The molecular formula is C21H24O4. The molecule has 0 bridgehead atoms. The lowest BCUT2D eigenvalue weighted by Crippen LogP contribution is -2.23. The first kappa shape index (κ1) is 18.7. The summed E-state index contributed by atoms with van der Waals surface area (Å²) in [5.74, 6) is -0.734. The SMILES string of the molecule is Cc1cccc(C(=O)O[C@H](C)C[C@H](C)OC(=O)c2cccc(C)c2)c1. The van der Waals surface area contributed by atoms with Crippen LogP contribution in [0.1, 0.15) is 52.1 Å². The standard InChI is InChI=1S/C21H24O4/c1-14-7-5-9-18(11-14)20(22)24-16(3)13-17(4)25-21(23)19-10-6-8-15(2)12-19/h5-12,16-17H,13H2,1-4H3/t16-,17+. The molecule has 4 heteroatoms. The molecule has 0 unspecified atom stereocenters. The van der Waals surface area contributed by atoms with Crippen LogP contribution in [0.5, 0.6) is 0 Å². The van der Waals surface area contributed by atoms with Crippen LogP contribution >= 0.6 is 0 Å². The smallest absolute Gasteiger partial charge is 0.338 e. The molecule has 2 rings (SSSR count). The zero-order valence-corrected chi connectivity index (χ0v) is 15.1. The van der Waals surface area contributed by atoms with Gasteiger partial charge in [0.2, 0.25) is 0 Å². The first-order valence-corrected chi connectivity index (χ1v) is 8.40. The van der Waals surface area contributed by atoms with E-state index in [1.54, 1.807) is 38.1 Å². The molecule has 0 aromatic heterocycles. The summed E-state index contributed by atoms with van der Waals surface area (Å²) in [4.78, 5) is 24.3. The predicted octanol–water partition coefficient (Wildman–Crippen LogP) is 4.48. The van der Waals surface area contributed by atoms with Gasteiger partial charge in [0.05, 0.1) is 11.1 Å². The van der Waals surface area contributed by atoms with E-state index in [9.17, 15) is 9.59 Å². The first-order chi connectivity index (χ1) is 11.8. The molecule has 0 aliphatic rings. The van der Waals surface area contributed by atoms with Crippen molar-refractivity contribution in [1.82, 2.24) is 0 Å². The molecule has 0 heterocycles. The number of benzene rings is 2. The fraction of sp³-hybridized carbons (Fsp3) is 0.333. The van der Waals surface area contributed by atoms with Crippen molar-refractivity contribution in [2.24, 2.45) is 0 Å². The van der Waals surface area contributed by atoms with Crippen LogP contribution in [0.25, 0.3) is 0 Å². The van der Waals surface area contributed by atoms with Crippen LogP contribution in [-0.2, 0) is 9.47 Å². The van der Waals surface area contributed by atoms with Crippen LogP contribution in [0.15, 0.2) is 48.5 Å². The molecule has 2 aromatic rings. The Hall–Kier alpha value is -2.62. The van der Waals surface area contributed by atoms with E-state index in [1.165, 1.54) is 0 Å². The van der Waals surface area contributed by atoms with E-state index in [0.717, 1.165) is 11.1 Å². The van der Waals surface area contributed by atoms with Gasteiger partial charge < -0.3 is 9.47 Å². The van der Waals surface area contributed by atoms with Gasteiger partial charge in [0, 0.05) is 6.42 Å². The average molecular weight is 340 g/mol. The van der Waals surface area contributed by atoms with Crippen molar-refractivity contribution in [2.45, 2.75) is 46.3 Å². The van der Waals surface area contributed by atoms with Crippen molar-refractivity contribution in [3.05, 3.63) is 70.8 Å². The first-order valence-electron chi connectivity index (χ1n) is 8.40. The highest BCUT2D eigenvalue weighted by Crippen LogP contribution is 2.13. The van der Waals surface area contributed by atoms with Crippen LogP contribution in [0.2, 0.25) is 0 Å². The summed E-state index contributed by atoms with van der Waals surface area (Å²) >= 11 is 0. The van der Waals surface area contributed by atoms with Crippen LogP contribution in [-0.4, -0.2) is 24.1 Å². The molecule has 0 fully saturated rings. The minimum atomic E-state index is -0.367. The third-order valence-corrected chi connectivity index (χ3v) is 3.79. The lowest BCUT2D eigenvalue weighted by atomic mass is 10.1. The van der Waals surface area contributed by atoms with Crippen molar-refractivity contribution in [3.8, 4) is 0 Å². The van der Waals surface area contributed by atoms with E-state index in [1.807, 2.05) is 38.1 Å². The molecule has 132 valence electrons. The van der Waals surface area contributed by atoms with Gasteiger partial charge in [-0.05, 0) is 52.0 Å². The van der Waals surface area contributed by atoms with E-state index in [4.69, 9.17) is 9.47 Å². The third-order valence-electron chi connectivity index (χ3n) is 3.79. The van der Waals surface area contributed by atoms with Gasteiger partial charge in [-0.15, -0.1) is 0 Å². The van der Waals surface area contributed by atoms with E-state index in [-0.39, 0.29) is 24.1 Å². The molecular weight excluding hydrogens is 316 g/mol. The number of rotatable bonds is 6. The second-order valence-corrected chi connectivity index (χ2v) is 6.41. The van der Waals surface area contributed by atoms with Gasteiger partial charge in [-0.3, -0.25) is 0 Å². The van der Waals surface area contributed by atoms with E-state index in [0.29, 0.717) is 17.5 Å². The quantitative estimate of drug-likeness (QED) is 0.727. The van der Waals surface area contributed by atoms with E-state index >= 15 is 0 Å². The highest BCUT2D eigenvalue weighted by Gasteiger charge is 2.18. The fourth-order valence-electron chi connectivity index (χ4n) is 2.61. The molecule has 0 aliphatic heterocycles. The van der Waals surface area contributed by atoms with Gasteiger partial charge in [-0.25, -0.2) is 9.59 Å². The summed E-state index contributed by atoms with van der Waals surface area (Å²) in [5.41, 5.74) is 3.05. The molecule has 0 saturated heterocycles. The zero-order chi connectivity index (χ0) is 18.4. The Morgan fingerprint density at radius 3 is 1.56 bits per heavy atom. The Kier molecular flexibility index (Phi) is 6.34. The summed E-state index contributed by atoms with van der Waals surface area (Å²) in [6, 6.07) is 14.5. The number of hydrogen-bond donors (Lipinski definition) is 0. The third kappa shape index (κ3) is 5.75. The molecule has 0 radical (unpaired) electrons. The second-order valence-electron chi connectivity index (χ2n) is 6.41. The number of aryl methyl sites for hydroxylation is 2. The molecule has 0 saturated carbocycles. The molecule has 0 aliphatic carbocycles. The normalized spacial score (nSPS) is 13.0. The van der Waals surface area contributed by atoms with Crippen molar-refractivity contribution >= 4 is 11.9 Å². The highest BCUT2D eigenvalue weighted by molar-refractivity contribution is 5.90. The Morgan fingerprint density at radius 1 is 0.800 bits per heavy atom. The minimum absolute atomic E-state index is 0.353. The summed E-state index contributed by atoms with van der Waals surface area (Å²) in [6.07, 6.45) is -0.267. The summed E-state index contributed by atoms with van der Waals surface area (Å²) in [7, 11) is 0. The molecule has 2 aromatic carbocycles. The van der Waals surface area contributed by atoms with Crippen molar-refractivity contribution in [1.29, 1.82) is 0 Å². The van der Waals surface area contributed by atoms with Crippen LogP contribution < -0.4 is 0 Å². The number of ether oxygens (including phenoxy) is 2.